The van der Waals surface area contributed by atoms with E-state index in [1.54, 1.807) is 6.92 Å². The molecule has 0 aliphatic carbocycles. The van der Waals surface area contributed by atoms with Gasteiger partial charge in [0.1, 0.15) is 12.4 Å². The van der Waals surface area contributed by atoms with Gasteiger partial charge in [-0.15, -0.1) is 0 Å². The summed E-state index contributed by atoms with van der Waals surface area (Å²) in [6.45, 7) is 3.08. The van der Waals surface area contributed by atoms with Crippen molar-refractivity contribution in [1.29, 1.82) is 0 Å². The third kappa shape index (κ3) is 4.36. The first-order chi connectivity index (χ1) is 10.7. The Labute approximate surface area is 130 Å². The van der Waals surface area contributed by atoms with Gasteiger partial charge in [0.05, 0.1) is 19.8 Å². The van der Waals surface area contributed by atoms with Crippen LogP contribution in [-0.4, -0.2) is 32.4 Å². The summed E-state index contributed by atoms with van der Waals surface area (Å²) in [5.41, 5.74) is 6.69. The van der Waals surface area contributed by atoms with E-state index in [-0.39, 0.29) is 12.6 Å². The topological polar surface area (TPSA) is 70.8 Å². The van der Waals surface area contributed by atoms with E-state index in [9.17, 15) is 4.79 Å². The largest absolute Gasteiger partial charge is 0.493 e. The highest BCUT2D eigenvalue weighted by Crippen LogP contribution is 2.29. The number of fused-ring (bicyclic) bond motifs is 1. The number of hydrogen-bond acceptors (Lipinski definition) is 5. The maximum absolute atomic E-state index is 11.1. The summed E-state index contributed by atoms with van der Waals surface area (Å²) in [6.07, 6.45) is 0.693. The van der Waals surface area contributed by atoms with Crippen LogP contribution >= 0.6 is 0 Å². The zero-order valence-electron chi connectivity index (χ0n) is 12.7. The minimum absolute atomic E-state index is 0.0152. The molecule has 0 atom stereocenters. The van der Waals surface area contributed by atoms with E-state index in [4.69, 9.17) is 19.9 Å². The molecule has 0 saturated heterocycles. The number of nitrogen functional groups attached to an aromatic ring is 1. The quantitative estimate of drug-likeness (QED) is 0.461. The van der Waals surface area contributed by atoms with Crippen molar-refractivity contribution in [2.75, 3.05) is 32.2 Å². The van der Waals surface area contributed by atoms with Crippen molar-refractivity contribution in [3.8, 4) is 5.75 Å². The van der Waals surface area contributed by atoms with Crippen molar-refractivity contribution in [3.05, 3.63) is 36.4 Å². The predicted molar refractivity (Wildman–Crippen MR) is 85.9 cm³/mol. The fourth-order valence-electron chi connectivity index (χ4n) is 2.13. The van der Waals surface area contributed by atoms with Crippen molar-refractivity contribution >= 4 is 22.4 Å². The summed E-state index contributed by atoms with van der Waals surface area (Å²) in [4.78, 5) is 11.1. The Kier molecular flexibility index (Phi) is 6.03. The smallest absolute Gasteiger partial charge is 0.332 e. The molecular weight excluding hydrogens is 282 g/mol. The average molecular weight is 303 g/mol. The normalized spacial score (nSPS) is 10.6. The summed E-state index contributed by atoms with van der Waals surface area (Å²) < 4.78 is 15.8. The van der Waals surface area contributed by atoms with E-state index >= 15 is 0 Å². The van der Waals surface area contributed by atoms with E-state index in [0.29, 0.717) is 26.2 Å². The molecule has 2 rings (SSSR count). The molecule has 0 aromatic heterocycles. The van der Waals surface area contributed by atoms with Gasteiger partial charge >= 0.3 is 5.97 Å². The minimum Gasteiger partial charge on any atom is -0.493 e. The number of anilines is 1. The van der Waals surface area contributed by atoms with E-state index in [1.165, 1.54) is 0 Å². The number of carbonyl (C=O) groups excluding carboxylic acids is 1. The number of esters is 1. The molecule has 0 fully saturated rings. The molecule has 0 radical (unpaired) electrons. The van der Waals surface area contributed by atoms with Gasteiger partial charge in [0, 0.05) is 22.9 Å². The minimum atomic E-state index is -0.340. The standard InChI is InChI=1S/C17H21NO4/c1-2-21-17(19)12-20-10-5-11-22-16-9-4-6-13-14(16)7-3-8-15(13)18/h3-4,6-9H,2,5,10-12,18H2,1H3. The van der Waals surface area contributed by atoms with Crippen molar-refractivity contribution in [2.45, 2.75) is 13.3 Å². The lowest BCUT2D eigenvalue weighted by Crippen LogP contribution is -2.14. The van der Waals surface area contributed by atoms with Crippen LogP contribution in [0.3, 0.4) is 0 Å². The Hall–Kier alpha value is -2.27. The summed E-state index contributed by atoms with van der Waals surface area (Å²) in [7, 11) is 0. The molecule has 0 spiro atoms. The molecular formula is C17H21NO4. The lowest BCUT2D eigenvalue weighted by atomic mass is 10.1. The van der Waals surface area contributed by atoms with Crippen LogP contribution in [0.1, 0.15) is 13.3 Å². The van der Waals surface area contributed by atoms with Gasteiger partial charge in [-0.25, -0.2) is 4.79 Å². The second-order valence-electron chi connectivity index (χ2n) is 4.76. The maximum Gasteiger partial charge on any atom is 0.332 e. The van der Waals surface area contributed by atoms with Crippen molar-refractivity contribution in [1.82, 2.24) is 0 Å². The molecule has 2 aromatic carbocycles. The molecule has 5 heteroatoms. The third-order valence-corrected chi connectivity index (χ3v) is 3.13. The van der Waals surface area contributed by atoms with Crippen LogP contribution in [0.4, 0.5) is 5.69 Å². The van der Waals surface area contributed by atoms with Crippen LogP contribution in [-0.2, 0) is 14.3 Å². The first-order valence-electron chi connectivity index (χ1n) is 7.35. The Morgan fingerprint density at radius 2 is 1.86 bits per heavy atom. The number of carbonyl (C=O) groups is 1. The molecule has 118 valence electrons. The molecule has 0 heterocycles. The van der Waals surface area contributed by atoms with E-state index in [1.807, 2.05) is 36.4 Å². The summed E-state index contributed by atoms with van der Waals surface area (Å²) in [5, 5.41) is 1.98. The Balaban J connectivity index is 1.78. The highest BCUT2D eigenvalue weighted by Gasteiger charge is 2.04. The average Bonchev–Trinajstić information content (AvgIpc) is 2.52. The van der Waals surface area contributed by atoms with Crippen LogP contribution in [0.5, 0.6) is 5.75 Å². The zero-order chi connectivity index (χ0) is 15.8. The highest BCUT2D eigenvalue weighted by atomic mass is 16.6. The van der Waals surface area contributed by atoms with Gasteiger partial charge in [0.25, 0.3) is 0 Å². The van der Waals surface area contributed by atoms with Crippen LogP contribution in [0, 0.1) is 0 Å². The zero-order valence-corrected chi connectivity index (χ0v) is 12.7. The second-order valence-corrected chi connectivity index (χ2v) is 4.76. The van der Waals surface area contributed by atoms with Crippen LogP contribution in [0.2, 0.25) is 0 Å². The molecule has 5 nitrogen and oxygen atoms in total. The maximum atomic E-state index is 11.1. The van der Waals surface area contributed by atoms with Gasteiger partial charge in [-0.05, 0) is 19.1 Å². The van der Waals surface area contributed by atoms with Gasteiger partial charge < -0.3 is 19.9 Å². The molecule has 2 aromatic rings. The molecule has 0 bridgehead atoms. The Morgan fingerprint density at radius 3 is 2.68 bits per heavy atom. The first-order valence-corrected chi connectivity index (χ1v) is 7.35. The lowest BCUT2D eigenvalue weighted by Gasteiger charge is -2.10. The van der Waals surface area contributed by atoms with E-state index in [2.05, 4.69) is 0 Å². The second kappa shape index (κ2) is 8.24. The monoisotopic (exact) mass is 303 g/mol. The molecule has 0 aliphatic rings. The number of benzene rings is 2. The van der Waals surface area contributed by atoms with E-state index < -0.39 is 0 Å². The number of hydrogen-bond donors (Lipinski definition) is 1. The SMILES string of the molecule is CCOC(=O)COCCCOc1cccc2c(N)cccc12. The molecule has 0 saturated carbocycles. The van der Waals surface area contributed by atoms with Crippen molar-refractivity contribution in [3.63, 3.8) is 0 Å². The first kappa shape index (κ1) is 16.1. The van der Waals surface area contributed by atoms with Gasteiger partial charge in [-0.2, -0.15) is 0 Å². The van der Waals surface area contributed by atoms with Crippen LogP contribution < -0.4 is 10.5 Å². The molecule has 2 N–H and O–H groups in total. The van der Waals surface area contributed by atoms with Crippen LogP contribution in [0.25, 0.3) is 10.8 Å². The predicted octanol–water partition coefficient (Wildman–Crippen LogP) is 2.77. The Morgan fingerprint density at radius 1 is 1.09 bits per heavy atom. The van der Waals surface area contributed by atoms with Gasteiger partial charge in [0.2, 0.25) is 0 Å². The number of ether oxygens (including phenoxy) is 3. The fourth-order valence-corrected chi connectivity index (χ4v) is 2.13. The number of nitrogens with two attached hydrogens (primary N) is 1. The van der Waals surface area contributed by atoms with Gasteiger partial charge in [0.15, 0.2) is 0 Å². The number of rotatable bonds is 8. The highest BCUT2D eigenvalue weighted by molar-refractivity contribution is 5.96. The summed E-state index contributed by atoms with van der Waals surface area (Å²) >= 11 is 0. The van der Waals surface area contributed by atoms with Crippen molar-refractivity contribution in [2.24, 2.45) is 0 Å². The fraction of sp³-hybridized carbons (Fsp3) is 0.353. The third-order valence-electron chi connectivity index (χ3n) is 3.13. The molecule has 0 amide bonds. The summed E-state index contributed by atoms with van der Waals surface area (Å²) in [6, 6.07) is 11.6. The van der Waals surface area contributed by atoms with Crippen molar-refractivity contribution < 1.29 is 19.0 Å². The van der Waals surface area contributed by atoms with Crippen LogP contribution in [0.15, 0.2) is 36.4 Å². The molecule has 0 aliphatic heterocycles. The lowest BCUT2D eigenvalue weighted by molar-refractivity contribution is -0.148. The summed E-state index contributed by atoms with van der Waals surface area (Å²) in [5.74, 6) is 0.461. The van der Waals surface area contributed by atoms with E-state index in [0.717, 1.165) is 22.2 Å². The van der Waals surface area contributed by atoms with Gasteiger partial charge in [-0.3, -0.25) is 0 Å². The van der Waals surface area contributed by atoms with Gasteiger partial charge in [-0.1, -0.05) is 24.3 Å². The Bertz CT molecular complexity index is 627. The molecule has 22 heavy (non-hydrogen) atoms. The molecule has 0 unspecified atom stereocenters.